The van der Waals surface area contributed by atoms with Crippen LogP contribution in [0.1, 0.15) is 0 Å². The molecule has 0 amide bonds. The highest BCUT2D eigenvalue weighted by Gasteiger charge is 1.90. The van der Waals surface area contributed by atoms with Gasteiger partial charge >= 0.3 is 0 Å². The Hall–Kier alpha value is -1.68. The first-order valence-corrected chi connectivity index (χ1v) is 5.13. The van der Waals surface area contributed by atoms with Gasteiger partial charge in [-0.05, 0) is 12.1 Å². The molecule has 2 rings (SSSR count). The molecular formula is C10H7NO2S. The monoisotopic (exact) mass is 205 g/mol. The van der Waals surface area contributed by atoms with E-state index in [1.165, 1.54) is 6.07 Å². The van der Waals surface area contributed by atoms with Gasteiger partial charge in [0, 0.05) is 5.39 Å². The van der Waals surface area contributed by atoms with Crippen molar-refractivity contribution in [2.45, 2.75) is 0 Å². The smallest absolute Gasteiger partial charge is 0.232 e. The third-order valence-electron chi connectivity index (χ3n) is 1.85. The molecule has 0 saturated heterocycles. The van der Waals surface area contributed by atoms with Gasteiger partial charge in [0.25, 0.3) is 0 Å². The molecule has 0 bridgehead atoms. The maximum atomic E-state index is 10.7. The zero-order valence-electron chi connectivity index (χ0n) is 7.21. The lowest BCUT2D eigenvalue weighted by Crippen LogP contribution is -1.73. The van der Waals surface area contributed by atoms with Crippen LogP contribution in [-0.4, -0.2) is 13.4 Å². The molecule has 0 saturated carbocycles. The Bertz CT molecular complexity index is 639. The number of para-hydroxylation sites is 1. The highest BCUT2D eigenvalue weighted by Crippen LogP contribution is 2.07. The normalized spacial score (nSPS) is 10.0. The van der Waals surface area contributed by atoms with E-state index in [2.05, 4.69) is 4.98 Å². The summed E-state index contributed by atoms with van der Waals surface area (Å²) in [4.78, 5) is 4.02. The summed E-state index contributed by atoms with van der Waals surface area (Å²) in [6, 6.07) is 12.4. The topological polar surface area (TPSA) is 47.0 Å². The standard InChI is InChI=1S/C10H7NO2S/c12-14(13)10-7-3-5-8-4-1-2-6-9(8)11-10/h1-7H. The molecule has 4 heteroatoms. The van der Waals surface area contributed by atoms with Crippen molar-refractivity contribution >= 4 is 21.2 Å². The predicted octanol–water partition coefficient (Wildman–Crippen LogP) is 1.65. The number of fused-ring (bicyclic) bond motifs is 1. The van der Waals surface area contributed by atoms with Crippen LogP contribution >= 0.6 is 0 Å². The molecule has 0 fully saturated rings. The number of nitrogens with zero attached hydrogens (tertiary/aromatic N) is 1. The zero-order valence-corrected chi connectivity index (χ0v) is 8.03. The molecule has 0 aliphatic rings. The van der Waals surface area contributed by atoms with Crippen LogP contribution in [0.15, 0.2) is 42.5 Å². The molecule has 0 N–H and O–H groups in total. The van der Waals surface area contributed by atoms with Gasteiger partial charge in [-0.3, -0.25) is 0 Å². The second-order valence-corrected chi connectivity index (χ2v) is 3.66. The second kappa shape index (κ2) is 3.59. The summed E-state index contributed by atoms with van der Waals surface area (Å²) in [5, 5.41) is 0.921. The van der Waals surface area contributed by atoms with E-state index in [-0.39, 0.29) is 4.64 Å². The summed E-state index contributed by atoms with van der Waals surface area (Å²) in [6.45, 7) is 0. The summed E-state index contributed by atoms with van der Waals surface area (Å²) >= 11 is 0. The van der Waals surface area contributed by atoms with Crippen LogP contribution in [0.25, 0.3) is 10.9 Å². The van der Waals surface area contributed by atoms with Crippen molar-refractivity contribution < 1.29 is 8.42 Å². The minimum absolute atomic E-state index is 0.0613. The minimum Gasteiger partial charge on any atom is -0.232 e. The molecule has 1 aromatic carbocycles. The lowest BCUT2D eigenvalue weighted by Gasteiger charge is -1.86. The fraction of sp³-hybridized carbons (Fsp3) is 0. The van der Waals surface area contributed by atoms with E-state index >= 15 is 0 Å². The van der Waals surface area contributed by atoms with Crippen LogP contribution < -0.4 is 0 Å². The lowest BCUT2D eigenvalue weighted by atomic mass is 10.2. The summed E-state index contributed by atoms with van der Waals surface area (Å²) in [7, 11) is -2.28. The van der Waals surface area contributed by atoms with Crippen molar-refractivity contribution in [2.24, 2.45) is 0 Å². The maximum Gasteiger partial charge on any atom is 0.240 e. The Morgan fingerprint density at radius 3 is 2.43 bits per heavy atom. The average Bonchev–Trinajstić information content (AvgIpc) is 2.39. The first-order chi connectivity index (χ1) is 6.77. The number of hydrogen-bond acceptors (Lipinski definition) is 3. The number of aromatic nitrogens is 1. The van der Waals surface area contributed by atoms with Crippen LogP contribution in [0.5, 0.6) is 0 Å². The Balaban J connectivity index is 3.08. The SMILES string of the molecule is O=S(=O)=c1cccc2ccccc2n1. The Morgan fingerprint density at radius 1 is 0.929 bits per heavy atom. The van der Waals surface area contributed by atoms with E-state index in [9.17, 15) is 8.42 Å². The Labute approximate surface area is 82.2 Å². The molecule has 2 aromatic rings. The number of hydrogen-bond donors (Lipinski definition) is 0. The molecule has 0 aliphatic heterocycles. The first-order valence-electron chi connectivity index (χ1n) is 4.06. The summed E-state index contributed by atoms with van der Waals surface area (Å²) in [5.41, 5.74) is 0.678. The largest absolute Gasteiger partial charge is 0.240 e. The van der Waals surface area contributed by atoms with E-state index < -0.39 is 10.3 Å². The predicted molar refractivity (Wildman–Crippen MR) is 53.9 cm³/mol. The van der Waals surface area contributed by atoms with Gasteiger partial charge in [-0.15, -0.1) is 0 Å². The van der Waals surface area contributed by atoms with Crippen molar-refractivity contribution in [2.75, 3.05) is 0 Å². The van der Waals surface area contributed by atoms with Crippen molar-refractivity contribution in [3.8, 4) is 0 Å². The Kier molecular flexibility index (Phi) is 2.28. The van der Waals surface area contributed by atoms with Crippen molar-refractivity contribution in [1.29, 1.82) is 0 Å². The molecule has 0 aliphatic carbocycles. The molecule has 0 radical (unpaired) electrons. The first kappa shape index (κ1) is 8.90. The number of benzene rings is 1. The van der Waals surface area contributed by atoms with E-state index in [1.54, 1.807) is 12.1 Å². The van der Waals surface area contributed by atoms with Crippen LogP contribution in [0.4, 0.5) is 0 Å². The van der Waals surface area contributed by atoms with E-state index in [0.717, 1.165) is 5.39 Å². The summed E-state index contributed by atoms with van der Waals surface area (Å²) in [6.07, 6.45) is 0. The minimum atomic E-state index is -2.28. The summed E-state index contributed by atoms with van der Waals surface area (Å²) in [5.74, 6) is 0. The van der Waals surface area contributed by atoms with Gasteiger partial charge in [0.15, 0.2) is 4.64 Å². The van der Waals surface area contributed by atoms with E-state index in [1.807, 2.05) is 24.3 Å². The van der Waals surface area contributed by atoms with E-state index in [4.69, 9.17) is 0 Å². The molecule has 1 heterocycles. The molecule has 1 aromatic heterocycles. The lowest BCUT2D eigenvalue weighted by molar-refractivity contribution is 0.624. The van der Waals surface area contributed by atoms with Crippen molar-refractivity contribution in [1.82, 2.24) is 4.98 Å². The van der Waals surface area contributed by atoms with Crippen molar-refractivity contribution in [3.05, 3.63) is 47.1 Å². The van der Waals surface area contributed by atoms with Gasteiger partial charge in [-0.25, -0.2) is 4.98 Å². The highest BCUT2D eigenvalue weighted by molar-refractivity contribution is 7.63. The van der Waals surface area contributed by atoms with Gasteiger partial charge in [-0.2, -0.15) is 8.42 Å². The highest BCUT2D eigenvalue weighted by atomic mass is 32.2. The van der Waals surface area contributed by atoms with Crippen LogP contribution in [0.3, 0.4) is 0 Å². The summed E-state index contributed by atoms with van der Waals surface area (Å²) < 4.78 is 21.5. The molecule has 0 atom stereocenters. The molecule has 0 unspecified atom stereocenters. The van der Waals surface area contributed by atoms with Crippen molar-refractivity contribution in [3.63, 3.8) is 0 Å². The molecular weight excluding hydrogens is 198 g/mol. The van der Waals surface area contributed by atoms with Crippen LogP contribution in [0.2, 0.25) is 0 Å². The van der Waals surface area contributed by atoms with Gasteiger partial charge in [0.1, 0.15) is 0 Å². The van der Waals surface area contributed by atoms with Gasteiger partial charge in [0.2, 0.25) is 10.3 Å². The Morgan fingerprint density at radius 2 is 1.64 bits per heavy atom. The molecule has 3 nitrogen and oxygen atoms in total. The van der Waals surface area contributed by atoms with E-state index in [0.29, 0.717) is 5.52 Å². The third kappa shape index (κ3) is 1.65. The quantitative estimate of drug-likeness (QED) is 0.614. The third-order valence-corrected chi connectivity index (χ3v) is 2.42. The van der Waals surface area contributed by atoms with Gasteiger partial charge < -0.3 is 0 Å². The molecule has 70 valence electrons. The zero-order chi connectivity index (χ0) is 9.97. The maximum absolute atomic E-state index is 10.7. The fourth-order valence-electron chi connectivity index (χ4n) is 1.21. The van der Waals surface area contributed by atoms with Crippen LogP contribution in [0, 0.1) is 4.64 Å². The second-order valence-electron chi connectivity index (χ2n) is 2.77. The average molecular weight is 205 g/mol. The van der Waals surface area contributed by atoms with Gasteiger partial charge in [-0.1, -0.05) is 30.3 Å². The van der Waals surface area contributed by atoms with Gasteiger partial charge in [0.05, 0.1) is 5.52 Å². The molecule has 0 spiro atoms. The fourth-order valence-corrected chi connectivity index (χ4v) is 1.58. The molecule has 14 heavy (non-hydrogen) atoms. The number of rotatable bonds is 0. The van der Waals surface area contributed by atoms with Crippen LogP contribution in [-0.2, 0) is 10.3 Å².